The number of nitrogens with zero attached hydrogens (tertiary/aromatic N) is 2. The summed E-state index contributed by atoms with van der Waals surface area (Å²) in [5, 5.41) is 2.67. The minimum absolute atomic E-state index is 0.0597. The van der Waals surface area contributed by atoms with E-state index < -0.39 is 0 Å². The lowest BCUT2D eigenvalue weighted by molar-refractivity contribution is -0.139. The number of amides is 3. The van der Waals surface area contributed by atoms with Crippen molar-refractivity contribution in [1.29, 1.82) is 0 Å². The van der Waals surface area contributed by atoms with Crippen LogP contribution >= 0.6 is 0 Å². The van der Waals surface area contributed by atoms with Gasteiger partial charge in [0.25, 0.3) is 5.91 Å². The molecule has 7 heteroatoms. The molecule has 1 saturated heterocycles. The zero-order valence-corrected chi connectivity index (χ0v) is 15.1. The molecule has 140 valence electrons. The van der Waals surface area contributed by atoms with E-state index in [9.17, 15) is 14.4 Å². The first kappa shape index (κ1) is 18.2. The summed E-state index contributed by atoms with van der Waals surface area (Å²) in [5.41, 5.74) is 0.419. The van der Waals surface area contributed by atoms with Crippen molar-refractivity contribution in [1.82, 2.24) is 15.1 Å². The fraction of sp³-hybridized carbons (Fsp3) is 0.526. The number of piperazine rings is 1. The van der Waals surface area contributed by atoms with Crippen LogP contribution in [0.3, 0.4) is 0 Å². The van der Waals surface area contributed by atoms with E-state index >= 15 is 0 Å². The van der Waals surface area contributed by atoms with Crippen LogP contribution in [0.2, 0.25) is 0 Å². The van der Waals surface area contributed by atoms with E-state index in [4.69, 9.17) is 4.74 Å². The number of hydrogen-bond acceptors (Lipinski definition) is 4. The van der Waals surface area contributed by atoms with Gasteiger partial charge in [-0.2, -0.15) is 0 Å². The van der Waals surface area contributed by atoms with Crippen molar-refractivity contribution in [2.75, 3.05) is 39.3 Å². The van der Waals surface area contributed by atoms with Crippen LogP contribution < -0.4 is 10.1 Å². The molecule has 0 unspecified atom stereocenters. The fourth-order valence-corrected chi connectivity index (χ4v) is 3.06. The van der Waals surface area contributed by atoms with Gasteiger partial charge in [-0.1, -0.05) is 12.1 Å². The zero-order valence-electron chi connectivity index (χ0n) is 15.1. The molecule has 26 heavy (non-hydrogen) atoms. The quantitative estimate of drug-likeness (QED) is 0.818. The molecule has 0 atom stereocenters. The number of para-hydroxylation sites is 1. The Balaban J connectivity index is 1.47. The molecule has 1 aromatic rings. The van der Waals surface area contributed by atoms with E-state index in [0.29, 0.717) is 44.1 Å². The van der Waals surface area contributed by atoms with Gasteiger partial charge in [-0.3, -0.25) is 14.4 Å². The number of rotatable bonds is 6. The predicted molar refractivity (Wildman–Crippen MR) is 95.8 cm³/mol. The molecule has 7 nitrogen and oxygen atoms in total. The number of carbonyl (C=O) groups is 3. The molecule has 1 aliphatic heterocycles. The molecule has 0 aromatic heterocycles. The van der Waals surface area contributed by atoms with Crippen molar-refractivity contribution in [3.05, 3.63) is 29.8 Å². The molecule has 2 fully saturated rings. The molecule has 1 saturated carbocycles. The summed E-state index contributed by atoms with van der Waals surface area (Å²) >= 11 is 0. The Labute approximate surface area is 153 Å². The molecule has 3 amide bonds. The second-order valence-corrected chi connectivity index (χ2v) is 6.59. The van der Waals surface area contributed by atoms with Gasteiger partial charge >= 0.3 is 0 Å². The first-order valence-corrected chi connectivity index (χ1v) is 9.16. The predicted octanol–water partition coefficient (Wildman–Crippen LogP) is 0.896. The number of benzene rings is 1. The van der Waals surface area contributed by atoms with Crippen LogP contribution in [0.5, 0.6) is 5.75 Å². The van der Waals surface area contributed by atoms with Crippen molar-refractivity contribution < 1.29 is 19.1 Å². The van der Waals surface area contributed by atoms with Crippen LogP contribution in [0.1, 0.15) is 30.1 Å². The normalized spacial score (nSPS) is 17.0. The van der Waals surface area contributed by atoms with Crippen LogP contribution in [0.25, 0.3) is 0 Å². The molecular formula is C19H25N3O4. The first-order valence-electron chi connectivity index (χ1n) is 9.16. The minimum atomic E-state index is -0.329. The lowest BCUT2D eigenvalue weighted by Crippen LogP contribution is -2.53. The molecule has 0 spiro atoms. The Morgan fingerprint density at radius 2 is 1.73 bits per heavy atom. The third kappa shape index (κ3) is 4.33. The minimum Gasteiger partial charge on any atom is -0.493 e. The largest absolute Gasteiger partial charge is 0.493 e. The van der Waals surface area contributed by atoms with E-state index in [1.165, 1.54) is 0 Å². The summed E-state index contributed by atoms with van der Waals surface area (Å²) in [4.78, 5) is 40.3. The molecule has 1 heterocycles. The standard InChI is InChI=1S/C19H25N3O4/c1-2-26-16-6-4-3-5-15(16)18(24)20-13-17(23)21-9-11-22(12-10-21)19(25)14-7-8-14/h3-6,14H,2,7-13H2,1H3,(H,20,24). The first-order chi connectivity index (χ1) is 12.6. The topological polar surface area (TPSA) is 79.0 Å². The average Bonchev–Trinajstić information content (AvgIpc) is 3.51. The number of nitrogens with one attached hydrogen (secondary N) is 1. The van der Waals surface area contributed by atoms with Gasteiger partial charge in [-0.05, 0) is 31.9 Å². The molecule has 1 aliphatic carbocycles. The Bertz CT molecular complexity index is 679. The highest BCUT2D eigenvalue weighted by molar-refractivity contribution is 5.98. The van der Waals surface area contributed by atoms with Crippen LogP contribution in [-0.4, -0.2) is 66.9 Å². The lowest BCUT2D eigenvalue weighted by atomic mass is 10.2. The highest BCUT2D eigenvalue weighted by Crippen LogP contribution is 2.31. The smallest absolute Gasteiger partial charge is 0.255 e. The molecule has 1 aromatic carbocycles. The van der Waals surface area contributed by atoms with E-state index in [0.717, 1.165) is 12.8 Å². The Morgan fingerprint density at radius 3 is 2.38 bits per heavy atom. The van der Waals surface area contributed by atoms with E-state index in [1.54, 1.807) is 29.2 Å². The van der Waals surface area contributed by atoms with E-state index in [1.807, 2.05) is 11.8 Å². The number of carbonyl (C=O) groups excluding carboxylic acids is 3. The third-order valence-electron chi connectivity index (χ3n) is 4.70. The Hall–Kier alpha value is -2.57. The number of ether oxygens (including phenoxy) is 1. The molecule has 1 N–H and O–H groups in total. The van der Waals surface area contributed by atoms with Crippen molar-refractivity contribution >= 4 is 17.7 Å². The maximum absolute atomic E-state index is 12.3. The molecular weight excluding hydrogens is 334 g/mol. The summed E-state index contributed by atoms with van der Waals surface area (Å²) in [6, 6.07) is 6.97. The van der Waals surface area contributed by atoms with Crippen molar-refractivity contribution in [2.45, 2.75) is 19.8 Å². The van der Waals surface area contributed by atoms with Crippen molar-refractivity contribution in [3.63, 3.8) is 0 Å². The highest BCUT2D eigenvalue weighted by Gasteiger charge is 2.35. The van der Waals surface area contributed by atoms with Crippen LogP contribution in [0, 0.1) is 5.92 Å². The summed E-state index contributed by atoms with van der Waals surface area (Å²) in [6.45, 7) is 4.44. The maximum Gasteiger partial charge on any atom is 0.255 e. The summed E-state index contributed by atoms with van der Waals surface area (Å²) in [7, 11) is 0. The van der Waals surface area contributed by atoms with Gasteiger partial charge in [0.2, 0.25) is 11.8 Å². The van der Waals surface area contributed by atoms with E-state index in [-0.39, 0.29) is 30.2 Å². The van der Waals surface area contributed by atoms with Gasteiger partial charge < -0.3 is 19.9 Å². The maximum atomic E-state index is 12.3. The summed E-state index contributed by atoms with van der Waals surface area (Å²) in [6.07, 6.45) is 1.99. The summed E-state index contributed by atoms with van der Waals surface area (Å²) < 4.78 is 5.45. The Kier molecular flexibility index (Phi) is 5.75. The van der Waals surface area contributed by atoms with Crippen LogP contribution in [-0.2, 0) is 9.59 Å². The zero-order chi connectivity index (χ0) is 18.5. The highest BCUT2D eigenvalue weighted by atomic mass is 16.5. The molecule has 3 rings (SSSR count). The van der Waals surface area contributed by atoms with Crippen molar-refractivity contribution in [3.8, 4) is 5.75 Å². The fourth-order valence-electron chi connectivity index (χ4n) is 3.06. The van der Waals surface area contributed by atoms with Gasteiger partial charge in [0.1, 0.15) is 5.75 Å². The SMILES string of the molecule is CCOc1ccccc1C(=O)NCC(=O)N1CCN(C(=O)C2CC2)CC1. The van der Waals surface area contributed by atoms with Crippen LogP contribution in [0.4, 0.5) is 0 Å². The van der Waals surface area contributed by atoms with Gasteiger partial charge in [0.05, 0.1) is 18.7 Å². The number of hydrogen-bond donors (Lipinski definition) is 1. The van der Waals surface area contributed by atoms with Crippen molar-refractivity contribution in [2.24, 2.45) is 5.92 Å². The van der Waals surface area contributed by atoms with Gasteiger partial charge in [-0.15, -0.1) is 0 Å². The molecule has 0 bridgehead atoms. The Morgan fingerprint density at radius 1 is 1.08 bits per heavy atom. The molecule has 0 radical (unpaired) electrons. The summed E-state index contributed by atoms with van der Waals surface area (Å²) in [5.74, 6) is 0.475. The van der Waals surface area contributed by atoms with Gasteiger partial charge in [0.15, 0.2) is 0 Å². The van der Waals surface area contributed by atoms with Gasteiger partial charge in [0, 0.05) is 32.1 Å². The van der Waals surface area contributed by atoms with E-state index in [2.05, 4.69) is 5.32 Å². The van der Waals surface area contributed by atoms with Gasteiger partial charge in [-0.25, -0.2) is 0 Å². The molecule has 2 aliphatic rings. The third-order valence-corrected chi connectivity index (χ3v) is 4.70. The average molecular weight is 359 g/mol. The van der Waals surface area contributed by atoms with Crippen LogP contribution in [0.15, 0.2) is 24.3 Å². The second kappa shape index (κ2) is 8.21. The second-order valence-electron chi connectivity index (χ2n) is 6.59. The lowest BCUT2D eigenvalue weighted by Gasteiger charge is -2.35. The monoisotopic (exact) mass is 359 g/mol.